The van der Waals surface area contributed by atoms with E-state index in [0.29, 0.717) is 10.9 Å². The Morgan fingerprint density at radius 2 is 2.00 bits per heavy atom. The molecule has 0 N–H and O–H groups in total. The van der Waals surface area contributed by atoms with Crippen molar-refractivity contribution in [3.63, 3.8) is 0 Å². The molecular weight excluding hydrogens is 406 g/mol. The van der Waals surface area contributed by atoms with Gasteiger partial charge in [-0.25, -0.2) is 4.98 Å². The van der Waals surface area contributed by atoms with Crippen LogP contribution in [0.2, 0.25) is 5.02 Å². The van der Waals surface area contributed by atoms with Crippen LogP contribution in [0.3, 0.4) is 0 Å². The highest BCUT2D eigenvalue weighted by Crippen LogP contribution is 2.27. The fraction of sp³-hybridized carbons (Fsp3) is 0.133. The zero-order valence-corrected chi connectivity index (χ0v) is 14.4. The molecule has 0 saturated carbocycles. The Labute approximate surface area is 140 Å². The van der Waals surface area contributed by atoms with Gasteiger partial charge >= 0.3 is 0 Å². The molecule has 0 atom stereocenters. The average molecular weight is 417 g/mol. The molecule has 3 aromatic rings. The largest absolute Gasteiger partial charge is 0.295 e. The smallest absolute Gasteiger partial charge is 0.129 e. The predicted octanol–water partition coefficient (Wildman–Crippen LogP) is 5.33. The Morgan fingerprint density at radius 1 is 1.20 bits per heavy atom. The number of hydrogen-bond acceptors (Lipinski definition) is 1. The van der Waals surface area contributed by atoms with Crippen LogP contribution < -0.4 is 0 Å². The lowest BCUT2D eigenvalue weighted by molar-refractivity contribution is 0.972. The van der Waals surface area contributed by atoms with E-state index in [1.807, 2.05) is 18.2 Å². The fourth-order valence-corrected chi connectivity index (χ4v) is 3.11. The molecule has 0 radical (unpaired) electrons. The maximum atomic E-state index is 6.14. The van der Waals surface area contributed by atoms with Gasteiger partial charge in [-0.15, -0.1) is 11.6 Å². The summed E-state index contributed by atoms with van der Waals surface area (Å²) in [6.07, 6.45) is 0. The van der Waals surface area contributed by atoms with Gasteiger partial charge in [0.1, 0.15) is 5.82 Å². The van der Waals surface area contributed by atoms with Crippen molar-refractivity contribution in [3.05, 3.63) is 56.4 Å². The molecule has 0 fully saturated rings. The molecule has 20 heavy (non-hydrogen) atoms. The second-order valence-electron chi connectivity index (χ2n) is 4.56. The van der Waals surface area contributed by atoms with Gasteiger partial charge in [-0.05, 0) is 65.4 Å². The van der Waals surface area contributed by atoms with Gasteiger partial charge in [-0.1, -0.05) is 17.7 Å². The Balaban J connectivity index is 2.37. The van der Waals surface area contributed by atoms with E-state index >= 15 is 0 Å². The van der Waals surface area contributed by atoms with Crippen molar-refractivity contribution in [2.24, 2.45) is 0 Å². The summed E-state index contributed by atoms with van der Waals surface area (Å²) >= 11 is 14.5. The van der Waals surface area contributed by atoms with E-state index in [2.05, 4.69) is 57.3 Å². The normalized spacial score (nSPS) is 11.2. The molecular formula is C15H11Cl2IN2. The minimum Gasteiger partial charge on any atom is -0.295 e. The van der Waals surface area contributed by atoms with Crippen molar-refractivity contribution in [3.8, 4) is 5.69 Å². The van der Waals surface area contributed by atoms with Crippen LogP contribution >= 0.6 is 45.8 Å². The molecule has 5 heteroatoms. The summed E-state index contributed by atoms with van der Waals surface area (Å²) in [5.41, 5.74) is 4.16. The van der Waals surface area contributed by atoms with E-state index in [1.165, 1.54) is 0 Å². The monoisotopic (exact) mass is 416 g/mol. The second kappa shape index (κ2) is 5.54. The quantitative estimate of drug-likeness (QED) is 0.407. The standard InChI is InChI=1S/C15H11Cl2IN2/c1-9-2-3-10(17)6-14(9)20-13-5-4-11(18)7-12(13)19-15(20)8-16/h2-7H,8H2,1H3. The Kier molecular flexibility index (Phi) is 3.93. The molecule has 0 aliphatic carbocycles. The number of benzene rings is 2. The first-order chi connectivity index (χ1) is 9.60. The van der Waals surface area contributed by atoms with Gasteiger partial charge < -0.3 is 0 Å². The zero-order valence-electron chi connectivity index (χ0n) is 10.7. The number of halogens is 3. The van der Waals surface area contributed by atoms with Gasteiger partial charge in [-0.3, -0.25) is 4.57 Å². The molecule has 2 nitrogen and oxygen atoms in total. The molecule has 1 aromatic heterocycles. The molecule has 0 amide bonds. The van der Waals surface area contributed by atoms with Crippen LogP contribution in [0.4, 0.5) is 0 Å². The van der Waals surface area contributed by atoms with E-state index in [-0.39, 0.29) is 0 Å². The van der Waals surface area contributed by atoms with Crippen LogP contribution in [-0.2, 0) is 5.88 Å². The van der Waals surface area contributed by atoms with Gasteiger partial charge in [0.05, 0.1) is 22.6 Å². The van der Waals surface area contributed by atoms with E-state index in [9.17, 15) is 0 Å². The lowest BCUT2D eigenvalue weighted by atomic mass is 10.2. The average Bonchev–Trinajstić information content (AvgIpc) is 2.78. The molecule has 0 aliphatic rings. The number of aryl methyl sites for hydroxylation is 1. The zero-order chi connectivity index (χ0) is 14.3. The summed E-state index contributed by atoms with van der Waals surface area (Å²) in [5, 5.41) is 0.707. The first kappa shape index (κ1) is 14.2. The Hall–Kier alpha value is -0.780. The van der Waals surface area contributed by atoms with Crippen molar-refractivity contribution in [1.29, 1.82) is 0 Å². The number of nitrogens with zero attached hydrogens (tertiary/aromatic N) is 2. The minimum absolute atomic E-state index is 0.358. The molecule has 2 aromatic carbocycles. The Bertz CT molecular complexity index is 796. The summed E-state index contributed by atoms with van der Waals surface area (Å²) in [5.74, 6) is 1.19. The predicted molar refractivity (Wildman–Crippen MR) is 93.1 cm³/mol. The highest BCUT2D eigenvalue weighted by Gasteiger charge is 2.13. The summed E-state index contributed by atoms with van der Waals surface area (Å²) in [6.45, 7) is 2.06. The number of fused-ring (bicyclic) bond motifs is 1. The van der Waals surface area contributed by atoms with Crippen molar-refractivity contribution in [2.75, 3.05) is 0 Å². The van der Waals surface area contributed by atoms with Gasteiger partial charge in [0, 0.05) is 8.59 Å². The summed E-state index contributed by atoms with van der Waals surface area (Å²) in [6, 6.07) is 12.0. The van der Waals surface area contributed by atoms with Crippen molar-refractivity contribution < 1.29 is 0 Å². The number of imidazole rings is 1. The molecule has 3 rings (SSSR count). The highest BCUT2D eigenvalue weighted by atomic mass is 127. The molecule has 102 valence electrons. The first-order valence-electron chi connectivity index (χ1n) is 6.09. The van der Waals surface area contributed by atoms with Gasteiger partial charge in [0.15, 0.2) is 0 Å². The van der Waals surface area contributed by atoms with Crippen LogP contribution in [0.5, 0.6) is 0 Å². The van der Waals surface area contributed by atoms with E-state index in [0.717, 1.165) is 31.7 Å². The number of hydrogen-bond donors (Lipinski definition) is 0. The van der Waals surface area contributed by atoms with E-state index in [1.54, 1.807) is 0 Å². The van der Waals surface area contributed by atoms with Crippen LogP contribution in [-0.4, -0.2) is 9.55 Å². The molecule has 0 spiro atoms. The maximum Gasteiger partial charge on any atom is 0.129 e. The van der Waals surface area contributed by atoms with Crippen LogP contribution in [0, 0.1) is 10.5 Å². The van der Waals surface area contributed by atoms with Gasteiger partial charge in [0.25, 0.3) is 0 Å². The summed E-state index contributed by atoms with van der Waals surface area (Å²) in [4.78, 5) is 4.62. The second-order valence-corrected chi connectivity index (χ2v) is 6.51. The Morgan fingerprint density at radius 3 is 2.75 bits per heavy atom. The molecule has 0 saturated heterocycles. The topological polar surface area (TPSA) is 17.8 Å². The van der Waals surface area contributed by atoms with Gasteiger partial charge in [0.2, 0.25) is 0 Å². The number of alkyl halides is 1. The fourth-order valence-electron chi connectivity index (χ4n) is 2.29. The van der Waals surface area contributed by atoms with E-state index in [4.69, 9.17) is 23.2 Å². The van der Waals surface area contributed by atoms with Crippen LogP contribution in [0.1, 0.15) is 11.4 Å². The minimum atomic E-state index is 0.358. The SMILES string of the molecule is Cc1ccc(Cl)cc1-n1c(CCl)nc2cc(I)ccc21. The van der Waals surface area contributed by atoms with Gasteiger partial charge in [-0.2, -0.15) is 0 Å². The molecule has 0 unspecified atom stereocenters. The first-order valence-corrected chi connectivity index (χ1v) is 8.08. The van der Waals surface area contributed by atoms with E-state index < -0.39 is 0 Å². The van der Waals surface area contributed by atoms with Crippen molar-refractivity contribution >= 4 is 56.8 Å². The van der Waals surface area contributed by atoms with Crippen LogP contribution in [0.25, 0.3) is 16.7 Å². The molecule has 0 aliphatic heterocycles. The third kappa shape index (κ3) is 2.43. The summed E-state index contributed by atoms with van der Waals surface area (Å²) in [7, 11) is 0. The third-order valence-electron chi connectivity index (χ3n) is 3.22. The number of rotatable bonds is 2. The van der Waals surface area contributed by atoms with Crippen molar-refractivity contribution in [1.82, 2.24) is 9.55 Å². The highest BCUT2D eigenvalue weighted by molar-refractivity contribution is 14.1. The maximum absolute atomic E-state index is 6.14. The molecule has 0 bridgehead atoms. The number of aromatic nitrogens is 2. The third-order valence-corrected chi connectivity index (χ3v) is 4.36. The van der Waals surface area contributed by atoms with Crippen molar-refractivity contribution in [2.45, 2.75) is 12.8 Å². The lowest BCUT2D eigenvalue weighted by Gasteiger charge is -2.11. The van der Waals surface area contributed by atoms with Crippen LogP contribution in [0.15, 0.2) is 36.4 Å². The lowest BCUT2D eigenvalue weighted by Crippen LogP contribution is -2.01. The molecule has 1 heterocycles. The summed E-state index contributed by atoms with van der Waals surface area (Å²) < 4.78 is 3.24.